The van der Waals surface area contributed by atoms with E-state index in [9.17, 15) is 13.5 Å². The SMILES string of the molecule is CCc1nn(C)cc1NS(=O)(=O)N1CCCC(CO)C1. The van der Waals surface area contributed by atoms with Gasteiger partial charge in [0, 0.05) is 32.9 Å². The quantitative estimate of drug-likeness (QED) is 0.821. The third-order valence-electron chi connectivity index (χ3n) is 3.56. The van der Waals surface area contributed by atoms with Gasteiger partial charge in [0.25, 0.3) is 0 Å². The molecule has 1 saturated heterocycles. The van der Waals surface area contributed by atoms with Gasteiger partial charge >= 0.3 is 10.2 Å². The van der Waals surface area contributed by atoms with E-state index in [1.807, 2.05) is 6.92 Å². The molecule has 1 fully saturated rings. The summed E-state index contributed by atoms with van der Waals surface area (Å²) in [6, 6.07) is 0. The second-order valence-electron chi connectivity index (χ2n) is 5.17. The number of hydrogen-bond donors (Lipinski definition) is 2. The zero-order valence-electron chi connectivity index (χ0n) is 11.9. The molecule has 114 valence electrons. The first-order valence-electron chi connectivity index (χ1n) is 6.87. The molecular formula is C12H22N4O3S. The summed E-state index contributed by atoms with van der Waals surface area (Å²) in [5, 5.41) is 13.4. The van der Waals surface area contributed by atoms with Crippen molar-refractivity contribution in [2.24, 2.45) is 13.0 Å². The summed E-state index contributed by atoms with van der Waals surface area (Å²) in [6.45, 7) is 2.82. The second kappa shape index (κ2) is 6.11. The summed E-state index contributed by atoms with van der Waals surface area (Å²) in [5.74, 6) is 0.0277. The van der Waals surface area contributed by atoms with Crippen LogP contribution in [-0.2, 0) is 23.7 Å². The predicted octanol–water partition coefficient (Wildman–Crippen LogP) is 0.344. The van der Waals surface area contributed by atoms with Crippen molar-refractivity contribution < 1.29 is 13.5 Å². The lowest BCUT2D eigenvalue weighted by Gasteiger charge is -2.30. The summed E-state index contributed by atoms with van der Waals surface area (Å²) in [7, 11) is -1.82. The zero-order chi connectivity index (χ0) is 14.8. The molecule has 0 aliphatic carbocycles. The van der Waals surface area contributed by atoms with Gasteiger partial charge < -0.3 is 5.11 Å². The maximum atomic E-state index is 12.4. The number of rotatable bonds is 5. The van der Waals surface area contributed by atoms with Crippen molar-refractivity contribution in [3.05, 3.63) is 11.9 Å². The van der Waals surface area contributed by atoms with Crippen molar-refractivity contribution in [1.29, 1.82) is 0 Å². The van der Waals surface area contributed by atoms with Gasteiger partial charge in [0.15, 0.2) is 0 Å². The highest BCUT2D eigenvalue weighted by Gasteiger charge is 2.29. The van der Waals surface area contributed by atoms with Crippen LogP contribution in [0, 0.1) is 5.92 Å². The molecule has 2 heterocycles. The molecule has 0 spiro atoms. The van der Waals surface area contributed by atoms with Gasteiger partial charge in [-0.25, -0.2) is 0 Å². The van der Waals surface area contributed by atoms with E-state index in [2.05, 4.69) is 9.82 Å². The zero-order valence-corrected chi connectivity index (χ0v) is 12.7. The lowest BCUT2D eigenvalue weighted by molar-refractivity contribution is 0.166. The fourth-order valence-corrected chi connectivity index (χ4v) is 3.83. The van der Waals surface area contributed by atoms with Crippen molar-refractivity contribution in [3.8, 4) is 0 Å². The monoisotopic (exact) mass is 302 g/mol. The number of aromatic nitrogens is 2. The van der Waals surface area contributed by atoms with Gasteiger partial charge in [0.05, 0.1) is 11.4 Å². The summed E-state index contributed by atoms with van der Waals surface area (Å²) in [4.78, 5) is 0. The van der Waals surface area contributed by atoms with Gasteiger partial charge in [-0.1, -0.05) is 6.92 Å². The van der Waals surface area contributed by atoms with Crippen LogP contribution in [-0.4, -0.2) is 47.3 Å². The number of piperidine rings is 1. The molecule has 0 aromatic carbocycles. The van der Waals surface area contributed by atoms with Crippen LogP contribution in [0.5, 0.6) is 0 Å². The molecule has 0 bridgehead atoms. The number of aliphatic hydroxyl groups excluding tert-OH is 1. The number of anilines is 1. The van der Waals surface area contributed by atoms with Crippen LogP contribution in [0.15, 0.2) is 6.20 Å². The number of nitrogens with zero attached hydrogens (tertiary/aromatic N) is 3. The molecule has 1 aromatic heterocycles. The Morgan fingerprint density at radius 1 is 1.55 bits per heavy atom. The first-order chi connectivity index (χ1) is 9.46. The maximum absolute atomic E-state index is 12.4. The molecule has 2 N–H and O–H groups in total. The Labute approximate surface area is 119 Å². The van der Waals surface area contributed by atoms with Crippen molar-refractivity contribution >= 4 is 15.9 Å². The van der Waals surface area contributed by atoms with Gasteiger partial charge in [-0.15, -0.1) is 0 Å². The maximum Gasteiger partial charge on any atom is 0.301 e. The molecule has 1 unspecified atom stereocenters. The minimum atomic E-state index is -3.58. The smallest absolute Gasteiger partial charge is 0.301 e. The lowest BCUT2D eigenvalue weighted by atomic mass is 10.0. The molecule has 0 saturated carbocycles. The average Bonchev–Trinajstić information content (AvgIpc) is 2.78. The molecule has 1 aliphatic heterocycles. The number of aliphatic hydroxyl groups is 1. The van der Waals surface area contributed by atoms with E-state index in [-0.39, 0.29) is 12.5 Å². The Hall–Kier alpha value is -1.12. The van der Waals surface area contributed by atoms with Crippen molar-refractivity contribution in [2.45, 2.75) is 26.2 Å². The molecule has 7 nitrogen and oxygen atoms in total. The van der Waals surface area contributed by atoms with Crippen molar-refractivity contribution in [2.75, 3.05) is 24.4 Å². The Balaban J connectivity index is 2.14. The Morgan fingerprint density at radius 3 is 2.95 bits per heavy atom. The Kier molecular flexibility index (Phi) is 4.66. The van der Waals surface area contributed by atoms with E-state index in [4.69, 9.17) is 0 Å². The van der Waals surface area contributed by atoms with Crippen LogP contribution >= 0.6 is 0 Å². The van der Waals surface area contributed by atoms with E-state index in [1.165, 1.54) is 4.31 Å². The van der Waals surface area contributed by atoms with Crippen LogP contribution in [0.1, 0.15) is 25.5 Å². The number of nitrogens with one attached hydrogen (secondary N) is 1. The molecule has 20 heavy (non-hydrogen) atoms. The molecule has 2 rings (SSSR count). The van der Waals surface area contributed by atoms with Crippen LogP contribution in [0.2, 0.25) is 0 Å². The van der Waals surface area contributed by atoms with Crippen LogP contribution in [0.3, 0.4) is 0 Å². The normalized spacial score (nSPS) is 21.1. The fraction of sp³-hybridized carbons (Fsp3) is 0.750. The van der Waals surface area contributed by atoms with Gasteiger partial charge in [0.1, 0.15) is 0 Å². The first-order valence-corrected chi connectivity index (χ1v) is 8.31. The molecule has 1 aliphatic rings. The number of aryl methyl sites for hydroxylation is 2. The Morgan fingerprint density at radius 2 is 2.30 bits per heavy atom. The van der Waals surface area contributed by atoms with Crippen molar-refractivity contribution in [1.82, 2.24) is 14.1 Å². The highest BCUT2D eigenvalue weighted by atomic mass is 32.2. The van der Waals surface area contributed by atoms with E-state index in [0.29, 0.717) is 25.2 Å². The van der Waals surface area contributed by atoms with E-state index in [0.717, 1.165) is 18.5 Å². The topological polar surface area (TPSA) is 87.5 Å². The molecule has 1 atom stereocenters. The summed E-state index contributed by atoms with van der Waals surface area (Å²) < 4.78 is 30.4. The third-order valence-corrected chi connectivity index (χ3v) is 5.05. The minimum Gasteiger partial charge on any atom is -0.396 e. The van der Waals surface area contributed by atoms with E-state index >= 15 is 0 Å². The van der Waals surface area contributed by atoms with Crippen LogP contribution in [0.25, 0.3) is 0 Å². The lowest BCUT2D eigenvalue weighted by Crippen LogP contribution is -2.43. The van der Waals surface area contributed by atoms with Gasteiger partial charge in [-0.2, -0.15) is 17.8 Å². The largest absolute Gasteiger partial charge is 0.396 e. The average molecular weight is 302 g/mol. The molecule has 8 heteroatoms. The predicted molar refractivity (Wildman–Crippen MR) is 76.5 cm³/mol. The van der Waals surface area contributed by atoms with Crippen LogP contribution < -0.4 is 4.72 Å². The molecular weight excluding hydrogens is 280 g/mol. The first kappa shape index (κ1) is 15.3. The molecule has 1 aromatic rings. The van der Waals surface area contributed by atoms with E-state index < -0.39 is 10.2 Å². The summed E-state index contributed by atoms with van der Waals surface area (Å²) >= 11 is 0. The third kappa shape index (κ3) is 3.31. The highest BCUT2D eigenvalue weighted by Crippen LogP contribution is 2.22. The fourth-order valence-electron chi connectivity index (χ4n) is 2.48. The summed E-state index contributed by atoms with van der Waals surface area (Å²) in [5.41, 5.74) is 1.26. The minimum absolute atomic E-state index is 0.0269. The number of hydrogen-bond acceptors (Lipinski definition) is 4. The summed E-state index contributed by atoms with van der Waals surface area (Å²) in [6.07, 6.45) is 3.98. The second-order valence-corrected chi connectivity index (χ2v) is 6.84. The van der Waals surface area contributed by atoms with Gasteiger partial charge in [-0.3, -0.25) is 9.40 Å². The van der Waals surface area contributed by atoms with E-state index in [1.54, 1.807) is 17.9 Å². The molecule has 0 amide bonds. The van der Waals surface area contributed by atoms with Gasteiger partial charge in [-0.05, 0) is 25.2 Å². The van der Waals surface area contributed by atoms with Gasteiger partial charge in [0.2, 0.25) is 0 Å². The van der Waals surface area contributed by atoms with Crippen molar-refractivity contribution in [3.63, 3.8) is 0 Å². The van der Waals surface area contributed by atoms with Crippen LogP contribution in [0.4, 0.5) is 5.69 Å². The standard InChI is InChI=1S/C12H22N4O3S/c1-3-11-12(8-15(2)13-11)14-20(18,19)16-6-4-5-10(7-16)9-17/h8,10,14,17H,3-7,9H2,1-2H3. The molecule has 0 radical (unpaired) electrons. The highest BCUT2D eigenvalue weighted by molar-refractivity contribution is 7.90. The Bertz CT molecular complexity index is 555.